The molecule has 0 amide bonds. The lowest BCUT2D eigenvalue weighted by Crippen LogP contribution is -2.17. The number of nitrogen functional groups attached to an aromatic ring is 1. The third-order valence-corrected chi connectivity index (χ3v) is 3.22. The smallest absolute Gasteiger partial charge is 0.180 e. The van der Waals surface area contributed by atoms with E-state index in [0.29, 0.717) is 5.13 Å². The Balaban J connectivity index is 2.14. The van der Waals surface area contributed by atoms with Crippen molar-refractivity contribution in [3.05, 3.63) is 40.9 Å². The predicted octanol–water partition coefficient (Wildman–Crippen LogP) is 2.67. The van der Waals surface area contributed by atoms with Crippen LogP contribution in [0.3, 0.4) is 0 Å². The van der Waals surface area contributed by atoms with Gasteiger partial charge in [-0.1, -0.05) is 18.2 Å². The van der Waals surface area contributed by atoms with E-state index in [1.807, 2.05) is 17.5 Å². The molecule has 84 valence electrons. The molecule has 0 bridgehead atoms. The second-order valence-corrected chi connectivity index (χ2v) is 4.71. The van der Waals surface area contributed by atoms with Crippen molar-refractivity contribution in [3.63, 3.8) is 0 Å². The normalized spacial score (nSPS) is 10.4. The van der Waals surface area contributed by atoms with Crippen molar-refractivity contribution in [2.75, 3.05) is 17.7 Å². The van der Waals surface area contributed by atoms with Gasteiger partial charge in [0.2, 0.25) is 0 Å². The molecule has 0 saturated heterocycles. The molecule has 0 aliphatic heterocycles. The molecule has 1 aromatic heterocycles. The third kappa shape index (κ3) is 2.33. The topological polar surface area (TPSA) is 42.1 Å². The van der Waals surface area contributed by atoms with Gasteiger partial charge in [-0.25, -0.2) is 4.98 Å². The summed E-state index contributed by atoms with van der Waals surface area (Å²) in [5, 5.41) is 2.64. The number of nitrogens with zero attached hydrogens (tertiary/aromatic N) is 2. The zero-order valence-electron chi connectivity index (χ0n) is 9.47. The van der Waals surface area contributed by atoms with E-state index < -0.39 is 0 Å². The highest BCUT2D eigenvalue weighted by Gasteiger charge is 2.06. The molecule has 0 radical (unpaired) electrons. The molecule has 4 heteroatoms. The Labute approximate surface area is 99.5 Å². The van der Waals surface area contributed by atoms with Crippen molar-refractivity contribution in [1.82, 2.24) is 4.98 Å². The predicted molar refractivity (Wildman–Crippen MR) is 69.8 cm³/mol. The van der Waals surface area contributed by atoms with E-state index in [1.54, 1.807) is 0 Å². The molecule has 0 spiro atoms. The van der Waals surface area contributed by atoms with Gasteiger partial charge >= 0.3 is 0 Å². The van der Waals surface area contributed by atoms with Crippen molar-refractivity contribution in [2.45, 2.75) is 13.5 Å². The largest absolute Gasteiger partial charge is 0.375 e. The summed E-state index contributed by atoms with van der Waals surface area (Å²) in [6.07, 6.45) is 0. The number of rotatable bonds is 3. The fourth-order valence-corrected chi connectivity index (χ4v) is 2.27. The molecular formula is C12H15N3S. The molecule has 0 saturated carbocycles. The van der Waals surface area contributed by atoms with Crippen LogP contribution in [0.2, 0.25) is 0 Å². The van der Waals surface area contributed by atoms with Crippen LogP contribution in [0.5, 0.6) is 0 Å². The Hall–Kier alpha value is -1.55. The lowest BCUT2D eigenvalue weighted by atomic mass is 10.2. The molecule has 1 heterocycles. The molecule has 1 aromatic carbocycles. The van der Waals surface area contributed by atoms with Crippen molar-refractivity contribution < 1.29 is 0 Å². The number of aryl methyl sites for hydroxylation is 1. The van der Waals surface area contributed by atoms with Gasteiger partial charge < -0.3 is 10.6 Å². The van der Waals surface area contributed by atoms with Gasteiger partial charge in [0.15, 0.2) is 5.13 Å². The van der Waals surface area contributed by atoms with Gasteiger partial charge in [0.1, 0.15) is 0 Å². The van der Waals surface area contributed by atoms with Gasteiger partial charge in [-0.2, -0.15) is 0 Å². The van der Waals surface area contributed by atoms with E-state index in [-0.39, 0.29) is 0 Å². The zero-order valence-corrected chi connectivity index (χ0v) is 10.3. The highest BCUT2D eigenvalue weighted by atomic mass is 32.1. The van der Waals surface area contributed by atoms with Gasteiger partial charge in [0.25, 0.3) is 0 Å². The van der Waals surface area contributed by atoms with Crippen LogP contribution in [-0.2, 0) is 6.54 Å². The SMILES string of the molecule is Cc1ccccc1N(C)Cc1csc(N)n1. The number of benzene rings is 1. The lowest BCUT2D eigenvalue weighted by Gasteiger charge is -2.20. The molecule has 2 rings (SSSR count). The van der Waals surface area contributed by atoms with Crippen LogP contribution in [0.15, 0.2) is 29.6 Å². The quantitative estimate of drug-likeness (QED) is 0.886. The van der Waals surface area contributed by atoms with Gasteiger partial charge in [-0.05, 0) is 18.6 Å². The average Bonchev–Trinajstić information content (AvgIpc) is 2.64. The number of nitrogens with two attached hydrogens (primary N) is 1. The second kappa shape index (κ2) is 4.53. The van der Waals surface area contributed by atoms with Crippen LogP contribution in [-0.4, -0.2) is 12.0 Å². The molecular weight excluding hydrogens is 218 g/mol. The van der Waals surface area contributed by atoms with E-state index in [4.69, 9.17) is 5.73 Å². The Bertz CT molecular complexity index is 479. The highest BCUT2D eigenvalue weighted by molar-refractivity contribution is 7.13. The van der Waals surface area contributed by atoms with E-state index in [0.717, 1.165) is 12.2 Å². The molecule has 2 aromatic rings. The molecule has 0 atom stereocenters. The van der Waals surface area contributed by atoms with E-state index in [2.05, 4.69) is 36.0 Å². The number of anilines is 2. The van der Waals surface area contributed by atoms with Gasteiger partial charge in [-0.15, -0.1) is 11.3 Å². The summed E-state index contributed by atoms with van der Waals surface area (Å²) in [5.74, 6) is 0. The summed E-state index contributed by atoms with van der Waals surface area (Å²) in [7, 11) is 2.07. The molecule has 0 unspecified atom stereocenters. The number of hydrogen-bond donors (Lipinski definition) is 1. The molecule has 0 aliphatic carbocycles. The average molecular weight is 233 g/mol. The van der Waals surface area contributed by atoms with Crippen molar-refractivity contribution in [2.24, 2.45) is 0 Å². The van der Waals surface area contributed by atoms with Crippen LogP contribution in [0.4, 0.5) is 10.8 Å². The van der Waals surface area contributed by atoms with E-state index in [1.165, 1.54) is 22.6 Å². The molecule has 0 aliphatic rings. The second-order valence-electron chi connectivity index (χ2n) is 3.82. The first-order valence-corrected chi connectivity index (χ1v) is 6.01. The summed E-state index contributed by atoms with van der Waals surface area (Å²) in [4.78, 5) is 6.44. The van der Waals surface area contributed by atoms with Crippen LogP contribution in [0.1, 0.15) is 11.3 Å². The summed E-state index contributed by atoms with van der Waals surface area (Å²) in [6.45, 7) is 2.90. The first-order chi connectivity index (χ1) is 7.66. The first-order valence-electron chi connectivity index (χ1n) is 5.13. The fraction of sp³-hybridized carbons (Fsp3) is 0.250. The van der Waals surface area contributed by atoms with Gasteiger partial charge in [0.05, 0.1) is 12.2 Å². The zero-order chi connectivity index (χ0) is 11.5. The summed E-state index contributed by atoms with van der Waals surface area (Å²) in [6, 6.07) is 8.33. The van der Waals surface area contributed by atoms with Gasteiger partial charge in [-0.3, -0.25) is 0 Å². The minimum absolute atomic E-state index is 0.633. The van der Waals surface area contributed by atoms with Crippen LogP contribution in [0.25, 0.3) is 0 Å². The third-order valence-electron chi connectivity index (χ3n) is 2.50. The number of hydrogen-bond acceptors (Lipinski definition) is 4. The summed E-state index contributed by atoms with van der Waals surface area (Å²) < 4.78 is 0. The monoisotopic (exact) mass is 233 g/mol. The maximum atomic E-state index is 5.61. The molecule has 16 heavy (non-hydrogen) atoms. The maximum Gasteiger partial charge on any atom is 0.180 e. The van der Waals surface area contributed by atoms with Crippen molar-refractivity contribution in [3.8, 4) is 0 Å². The molecule has 0 fully saturated rings. The lowest BCUT2D eigenvalue weighted by molar-refractivity contribution is 0.891. The van der Waals surface area contributed by atoms with Crippen LogP contribution < -0.4 is 10.6 Å². The molecule has 2 N–H and O–H groups in total. The Morgan fingerprint density at radius 1 is 1.38 bits per heavy atom. The number of para-hydroxylation sites is 1. The Morgan fingerprint density at radius 3 is 2.75 bits per heavy atom. The minimum atomic E-state index is 0.633. The van der Waals surface area contributed by atoms with Crippen LogP contribution >= 0.6 is 11.3 Å². The highest BCUT2D eigenvalue weighted by Crippen LogP contribution is 2.20. The first kappa shape index (κ1) is 11.0. The Kier molecular flexibility index (Phi) is 3.10. The standard InChI is InChI=1S/C12H15N3S/c1-9-5-3-4-6-11(9)15(2)7-10-8-16-12(13)14-10/h3-6,8H,7H2,1-2H3,(H2,13,14). The van der Waals surface area contributed by atoms with Crippen molar-refractivity contribution in [1.29, 1.82) is 0 Å². The fourth-order valence-electron chi connectivity index (χ4n) is 1.72. The van der Waals surface area contributed by atoms with Gasteiger partial charge in [0, 0.05) is 18.1 Å². The Morgan fingerprint density at radius 2 is 2.12 bits per heavy atom. The summed E-state index contributed by atoms with van der Waals surface area (Å²) in [5.41, 5.74) is 9.14. The summed E-state index contributed by atoms with van der Waals surface area (Å²) >= 11 is 1.49. The number of thiazole rings is 1. The van der Waals surface area contributed by atoms with Crippen LogP contribution in [0, 0.1) is 6.92 Å². The number of aromatic nitrogens is 1. The van der Waals surface area contributed by atoms with Crippen molar-refractivity contribution >= 4 is 22.2 Å². The minimum Gasteiger partial charge on any atom is -0.375 e. The maximum absolute atomic E-state index is 5.61. The molecule has 3 nitrogen and oxygen atoms in total. The van der Waals surface area contributed by atoms with E-state index in [9.17, 15) is 0 Å². The van der Waals surface area contributed by atoms with E-state index >= 15 is 0 Å².